The van der Waals surface area contributed by atoms with Gasteiger partial charge in [-0.2, -0.15) is 0 Å². The van der Waals surface area contributed by atoms with Crippen LogP contribution < -0.4 is 5.73 Å². The maximum Gasteiger partial charge on any atom is 0.248 e. The van der Waals surface area contributed by atoms with E-state index in [-0.39, 0.29) is 0 Å². The number of benzene rings is 2. The Morgan fingerprint density at radius 1 is 0.875 bits per heavy atom. The summed E-state index contributed by atoms with van der Waals surface area (Å²) in [6, 6.07) is 18.6. The fourth-order valence-electron chi connectivity index (χ4n) is 2.13. The lowest BCUT2D eigenvalue weighted by molar-refractivity contribution is 0.100. The third-order valence-corrected chi connectivity index (χ3v) is 3.31. The Bertz CT molecular complexity index is 993. The molecule has 1 aromatic heterocycles. The minimum Gasteiger partial charge on any atom is -0.455 e. The number of hydrogen-bond acceptors (Lipinski definition) is 2. The topological polar surface area (TPSA) is 56.2 Å². The number of carbonyl (C=O) groups is 1. The van der Waals surface area contributed by atoms with Crippen LogP contribution in [0.5, 0.6) is 0 Å². The van der Waals surface area contributed by atoms with Crippen molar-refractivity contribution in [2.24, 2.45) is 5.73 Å². The SMILES string of the molecule is NC(=O)c1cccc(C#CC#Cc2cc(-c3ccccc3)co2)c1. The molecule has 0 unspecified atom stereocenters. The minimum atomic E-state index is -0.478. The lowest BCUT2D eigenvalue weighted by Gasteiger charge is -1.94. The molecular weight excluding hydrogens is 298 g/mol. The first-order valence-electron chi connectivity index (χ1n) is 7.28. The van der Waals surface area contributed by atoms with Crippen molar-refractivity contribution in [3.8, 4) is 34.8 Å². The van der Waals surface area contributed by atoms with Gasteiger partial charge in [-0.1, -0.05) is 42.3 Å². The van der Waals surface area contributed by atoms with E-state index in [9.17, 15) is 4.79 Å². The number of primary amides is 1. The molecule has 0 radical (unpaired) electrons. The van der Waals surface area contributed by atoms with E-state index in [4.69, 9.17) is 10.2 Å². The summed E-state index contributed by atoms with van der Waals surface area (Å²) in [5.74, 6) is 11.3. The molecule has 0 aliphatic heterocycles. The Labute approximate surface area is 140 Å². The highest BCUT2D eigenvalue weighted by atomic mass is 16.3. The average Bonchev–Trinajstić information content (AvgIpc) is 3.09. The van der Waals surface area contributed by atoms with E-state index in [2.05, 4.69) is 23.7 Å². The third kappa shape index (κ3) is 3.74. The van der Waals surface area contributed by atoms with E-state index >= 15 is 0 Å². The summed E-state index contributed by atoms with van der Waals surface area (Å²) in [4.78, 5) is 11.1. The molecule has 0 fully saturated rings. The quantitative estimate of drug-likeness (QED) is 0.737. The van der Waals surface area contributed by atoms with Crippen molar-refractivity contribution < 1.29 is 9.21 Å². The van der Waals surface area contributed by atoms with Gasteiger partial charge in [0.1, 0.15) is 0 Å². The lowest BCUT2D eigenvalue weighted by atomic mass is 10.1. The fraction of sp³-hybridized carbons (Fsp3) is 0. The molecule has 3 aromatic rings. The van der Waals surface area contributed by atoms with Crippen molar-refractivity contribution >= 4 is 5.91 Å². The van der Waals surface area contributed by atoms with Gasteiger partial charge in [0.15, 0.2) is 5.76 Å². The highest BCUT2D eigenvalue weighted by Crippen LogP contribution is 2.21. The van der Waals surface area contributed by atoms with Crippen LogP contribution in [0, 0.1) is 23.7 Å². The molecule has 0 saturated heterocycles. The Morgan fingerprint density at radius 2 is 1.67 bits per heavy atom. The van der Waals surface area contributed by atoms with E-state index in [0.29, 0.717) is 16.9 Å². The average molecular weight is 311 g/mol. The zero-order chi connectivity index (χ0) is 16.8. The van der Waals surface area contributed by atoms with Gasteiger partial charge in [-0.25, -0.2) is 0 Å². The molecule has 0 aliphatic rings. The van der Waals surface area contributed by atoms with Gasteiger partial charge < -0.3 is 10.2 Å². The molecule has 0 saturated carbocycles. The van der Waals surface area contributed by atoms with E-state index in [1.807, 2.05) is 36.4 Å². The van der Waals surface area contributed by atoms with E-state index in [0.717, 1.165) is 11.1 Å². The summed E-state index contributed by atoms with van der Waals surface area (Å²) in [6.07, 6.45) is 1.67. The van der Waals surface area contributed by atoms with Gasteiger partial charge >= 0.3 is 0 Å². The van der Waals surface area contributed by atoms with Crippen LogP contribution in [0.15, 0.2) is 71.3 Å². The number of hydrogen-bond donors (Lipinski definition) is 1. The number of rotatable bonds is 2. The van der Waals surface area contributed by atoms with Crippen LogP contribution in [-0.4, -0.2) is 5.91 Å². The van der Waals surface area contributed by atoms with Crippen LogP contribution in [0.2, 0.25) is 0 Å². The first-order valence-corrected chi connectivity index (χ1v) is 7.28. The summed E-state index contributed by atoms with van der Waals surface area (Å²) < 4.78 is 5.42. The smallest absolute Gasteiger partial charge is 0.248 e. The van der Waals surface area contributed by atoms with Gasteiger partial charge in [0.2, 0.25) is 5.91 Å². The summed E-state index contributed by atoms with van der Waals surface area (Å²) in [5, 5.41) is 0. The Kier molecular flexibility index (Phi) is 4.47. The molecule has 24 heavy (non-hydrogen) atoms. The standard InChI is InChI=1S/C21H13NO2/c22-21(23)18-11-6-8-16(13-18)7-4-5-12-20-14-19(15-24-20)17-9-2-1-3-10-17/h1-3,6,8-11,13-15H,(H2,22,23). The molecule has 1 amide bonds. The number of furan rings is 1. The van der Waals surface area contributed by atoms with Gasteiger partial charge in [-0.15, -0.1) is 0 Å². The van der Waals surface area contributed by atoms with Crippen LogP contribution in [0.3, 0.4) is 0 Å². The summed E-state index contributed by atoms with van der Waals surface area (Å²) in [7, 11) is 0. The van der Waals surface area contributed by atoms with Crippen LogP contribution >= 0.6 is 0 Å². The van der Waals surface area contributed by atoms with Crippen LogP contribution in [-0.2, 0) is 0 Å². The van der Waals surface area contributed by atoms with Gasteiger partial charge in [0.25, 0.3) is 0 Å². The molecule has 1 heterocycles. The first kappa shape index (κ1) is 15.2. The van der Waals surface area contributed by atoms with Gasteiger partial charge in [-0.3, -0.25) is 4.79 Å². The van der Waals surface area contributed by atoms with Crippen LogP contribution in [0.4, 0.5) is 0 Å². The molecule has 0 atom stereocenters. The summed E-state index contributed by atoms with van der Waals surface area (Å²) in [5.41, 5.74) is 8.39. The molecule has 0 spiro atoms. The summed E-state index contributed by atoms with van der Waals surface area (Å²) in [6.45, 7) is 0. The maximum absolute atomic E-state index is 11.1. The van der Waals surface area contributed by atoms with Crippen molar-refractivity contribution in [2.45, 2.75) is 0 Å². The highest BCUT2D eigenvalue weighted by Gasteiger charge is 2.01. The molecule has 3 rings (SSSR count). The predicted octanol–water partition coefficient (Wildman–Crippen LogP) is 3.45. The van der Waals surface area contributed by atoms with Crippen molar-refractivity contribution in [1.29, 1.82) is 0 Å². The minimum absolute atomic E-state index is 0.424. The monoisotopic (exact) mass is 311 g/mol. The zero-order valence-electron chi connectivity index (χ0n) is 12.7. The largest absolute Gasteiger partial charge is 0.455 e. The number of nitrogens with two attached hydrogens (primary N) is 1. The van der Waals surface area contributed by atoms with Crippen LogP contribution in [0.25, 0.3) is 11.1 Å². The second-order valence-electron chi connectivity index (χ2n) is 5.01. The molecule has 0 bridgehead atoms. The maximum atomic E-state index is 11.1. The second kappa shape index (κ2) is 7.05. The van der Waals surface area contributed by atoms with Gasteiger partial charge in [0.05, 0.1) is 6.26 Å². The molecule has 3 nitrogen and oxygen atoms in total. The van der Waals surface area contributed by atoms with Crippen molar-refractivity contribution in [3.63, 3.8) is 0 Å². The van der Waals surface area contributed by atoms with Crippen molar-refractivity contribution in [3.05, 3.63) is 83.8 Å². The molecular formula is C21H13NO2. The fourth-order valence-corrected chi connectivity index (χ4v) is 2.13. The first-order chi connectivity index (χ1) is 11.7. The van der Waals surface area contributed by atoms with Crippen molar-refractivity contribution in [1.82, 2.24) is 0 Å². The van der Waals surface area contributed by atoms with Gasteiger partial charge in [0, 0.05) is 22.8 Å². The Morgan fingerprint density at radius 3 is 2.46 bits per heavy atom. The van der Waals surface area contributed by atoms with Crippen molar-refractivity contribution in [2.75, 3.05) is 0 Å². The lowest BCUT2D eigenvalue weighted by Crippen LogP contribution is -2.10. The van der Waals surface area contributed by atoms with E-state index in [1.54, 1.807) is 30.5 Å². The summed E-state index contributed by atoms with van der Waals surface area (Å²) >= 11 is 0. The second-order valence-corrected chi connectivity index (χ2v) is 5.01. The normalized spacial score (nSPS) is 9.33. The molecule has 2 N–H and O–H groups in total. The third-order valence-electron chi connectivity index (χ3n) is 3.31. The highest BCUT2D eigenvalue weighted by molar-refractivity contribution is 5.93. The predicted molar refractivity (Wildman–Crippen MR) is 92.9 cm³/mol. The molecule has 2 aromatic carbocycles. The zero-order valence-corrected chi connectivity index (χ0v) is 12.7. The number of carbonyl (C=O) groups excluding carboxylic acids is 1. The Hall–Kier alpha value is -3.69. The van der Waals surface area contributed by atoms with E-state index < -0.39 is 5.91 Å². The van der Waals surface area contributed by atoms with Crippen LogP contribution in [0.1, 0.15) is 21.7 Å². The molecule has 114 valence electrons. The van der Waals surface area contributed by atoms with Gasteiger partial charge in [-0.05, 0) is 41.5 Å². The Balaban J connectivity index is 1.74. The molecule has 0 aliphatic carbocycles. The molecule has 3 heteroatoms. The van der Waals surface area contributed by atoms with E-state index in [1.165, 1.54) is 0 Å². The number of amides is 1.